The summed E-state index contributed by atoms with van der Waals surface area (Å²) < 4.78 is 5.61. The Labute approximate surface area is 97.5 Å². The third-order valence-corrected chi connectivity index (χ3v) is 2.80. The van der Waals surface area contributed by atoms with Crippen molar-refractivity contribution in [3.05, 3.63) is 0 Å². The fourth-order valence-electron chi connectivity index (χ4n) is 1.75. The number of hydrogen-bond acceptors (Lipinski definition) is 3. The van der Waals surface area contributed by atoms with Crippen LogP contribution in [0.2, 0.25) is 0 Å². The van der Waals surface area contributed by atoms with E-state index in [4.69, 9.17) is 4.74 Å². The summed E-state index contributed by atoms with van der Waals surface area (Å²) >= 11 is 0. The van der Waals surface area contributed by atoms with Crippen LogP contribution < -0.4 is 10.6 Å². The molecule has 1 aliphatic heterocycles. The number of nitrogens with zero attached hydrogens (tertiary/aromatic N) is 1. The molecule has 2 N–H and O–H groups in total. The molecule has 0 saturated carbocycles. The number of nitrogens with one attached hydrogen (secondary N) is 2. The molecule has 1 heterocycles. The molecule has 0 aliphatic carbocycles. The molecule has 0 aromatic carbocycles. The maximum Gasteiger partial charge on any atom is 0.314 e. The molecule has 2 amide bonds. The summed E-state index contributed by atoms with van der Waals surface area (Å²) in [5.41, 5.74) is 0.162. The highest BCUT2D eigenvalue weighted by Crippen LogP contribution is 2.17. The molecular formula is C11H23N3O2. The zero-order valence-electron chi connectivity index (χ0n) is 10.7. The minimum Gasteiger partial charge on any atom is -0.374 e. The number of urea groups is 1. The molecule has 0 bridgehead atoms. The second kappa shape index (κ2) is 5.50. The van der Waals surface area contributed by atoms with Crippen LogP contribution >= 0.6 is 0 Å². The summed E-state index contributed by atoms with van der Waals surface area (Å²) in [4.78, 5) is 13.4. The summed E-state index contributed by atoms with van der Waals surface area (Å²) in [6, 6.07) is -0.156. The minimum absolute atomic E-state index is 0.0882. The highest BCUT2D eigenvalue weighted by Gasteiger charge is 2.28. The Balaban J connectivity index is 2.36. The van der Waals surface area contributed by atoms with Gasteiger partial charge in [0.25, 0.3) is 0 Å². The second-order valence-corrected chi connectivity index (χ2v) is 5.07. The Bertz CT molecular complexity index is 238. The van der Waals surface area contributed by atoms with Crippen LogP contribution in [0.1, 0.15) is 20.8 Å². The molecule has 5 heteroatoms. The van der Waals surface area contributed by atoms with Crippen molar-refractivity contribution in [1.29, 1.82) is 0 Å². The molecule has 1 saturated heterocycles. The highest BCUT2D eigenvalue weighted by molar-refractivity contribution is 5.73. The molecule has 0 radical (unpaired) electrons. The van der Waals surface area contributed by atoms with Gasteiger partial charge in [-0.25, -0.2) is 4.79 Å². The van der Waals surface area contributed by atoms with Crippen molar-refractivity contribution >= 4 is 6.03 Å². The molecule has 1 aliphatic rings. The van der Waals surface area contributed by atoms with Crippen LogP contribution in [0.4, 0.5) is 4.79 Å². The van der Waals surface area contributed by atoms with E-state index in [1.54, 1.807) is 7.05 Å². The lowest BCUT2D eigenvalue weighted by Crippen LogP contribution is -2.54. The van der Waals surface area contributed by atoms with Crippen LogP contribution in [0.3, 0.4) is 0 Å². The first-order chi connectivity index (χ1) is 7.43. The van der Waals surface area contributed by atoms with E-state index in [-0.39, 0.29) is 17.7 Å². The summed E-state index contributed by atoms with van der Waals surface area (Å²) in [5, 5.41) is 5.30. The standard InChI is InChI=1S/C11H23N3O2/c1-11(2,3)14-5-6-16-9(8-14)7-13-10(15)12-4/h9H,5-8H2,1-4H3,(H2,12,13,15). The monoisotopic (exact) mass is 229 g/mol. The number of rotatable bonds is 2. The van der Waals surface area contributed by atoms with Gasteiger partial charge in [0.15, 0.2) is 0 Å². The van der Waals surface area contributed by atoms with Gasteiger partial charge in [-0.2, -0.15) is 0 Å². The predicted octanol–water partition coefficient (Wildman–Crippen LogP) is 0.415. The average molecular weight is 229 g/mol. The van der Waals surface area contributed by atoms with Gasteiger partial charge < -0.3 is 15.4 Å². The van der Waals surface area contributed by atoms with Crippen molar-refractivity contribution in [2.45, 2.75) is 32.4 Å². The van der Waals surface area contributed by atoms with Gasteiger partial charge >= 0.3 is 6.03 Å². The van der Waals surface area contributed by atoms with Crippen LogP contribution in [0.25, 0.3) is 0 Å². The van der Waals surface area contributed by atoms with E-state index in [0.717, 1.165) is 19.7 Å². The Morgan fingerprint density at radius 3 is 2.75 bits per heavy atom. The topological polar surface area (TPSA) is 53.6 Å². The third kappa shape index (κ3) is 3.98. The maximum absolute atomic E-state index is 11.0. The number of carbonyl (C=O) groups is 1. The normalized spacial score (nSPS) is 22.9. The van der Waals surface area contributed by atoms with E-state index in [2.05, 4.69) is 36.3 Å². The van der Waals surface area contributed by atoms with Gasteiger partial charge in [0.2, 0.25) is 0 Å². The van der Waals surface area contributed by atoms with E-state index in [9.17, 15) is 4.79 Å². The zero-order chi connectivity index (χ0) is 12.2. The molecule has 0 aromatic rings. The molecule has 0 aromatic heterocycles. The van der Waals surface area contributed by atoms with Crippen molar-refractivity contribution in [2.75, 3.05) is 33.3 Å². The molecule has 5 nitrogen and oxygen atoms in total. The third-order valence-electron chi connectivity index (χ3n) is 2.80. The van der Waals surface area contributed by atoms with Crippen molar-refractivity contribution in [1.82, 2.24) is 15.5 Å². The fraction of sp³-hybridized carbons (Fsp3) is 0.909. The average Bonchev–Trinajstić information content (AvgIpc) is 2.25. The Hall–Kier alpha value is -0.810. The van der Waals surface area contributed by atoms with Gasteiger partial charge in [-0.15, -0.1) is 0 Å². The summed E-state index contributed by atoms with van der Waals surface area (Å²) in [6.07, 6.45) is 0.0882. The number of morpholine rings is 1. The van der Waals surface area contributed by atoms with Gasteiger partial charge in [-0.05, 0) is 20.8 Å². The zero-order valence-corrected chi connectivity index (χ0v) is 10.7. The van der Waals surface area contributed by atoms with E-state index in [1.807, 2.05) is 0 Å². The van der Waals surface area contributed by atoms with E-state index < -0.39 is 0 Å². The first-order valence-corrected chi connectivity index (χ1v) is 5.75. The molecule has 1 unspecified atom stereocenters. The molecule has 94 valence electrons. The van der Waals surface area contributed by atoms with E-state index in [0.29, 0.717) is 6.54 Å². The summed E-state index contributed by atoms with van der Waals surface area (Å²) in [7, 11) is 1.61. The molecule has 1 rings (SSSR count). The smallest absolute Gasteiger partial charge is 0.314 e. The highest BCUT2D eigenvalue weighted by atomic mass is 16.5. The van der Waals surface area contributed by atoms with Crippen molar-refractivity contribution in [2.24, 2.45) is 0 Å². The van der Waals surface area contributed by atoms with Crippen molar-refractivity contribution < 1.29 is 9.53 Å². The molecular weight excluding hydrogens is 206 g/mol. The first-order valence-electron chi connectivity index (χ1n) is 5.75. The van der Waals surface area contributed by atoms with Crippen LogP contribution in [0.5, 0.6) is 0 Å². The van der Waals surface area contributed by atoms with E-state index >= 15 is 0 Å². The minimum atomic E-state index is -0.156. The Kier molecular flexibility index (Phi) is 4.56. The van der Waals surface area contributed by atoms with Crippen molar-refractivity contribution in [3.8, 4) is 0 Å². The van der Waals surface area contributed by atoms with Gasteiger partial charge in [0.05, 0.1) is 12.7 Å². The van der Waals surface area contributed by atoms with Crippen LogP contribution in [0, 0.1) is 0 Å². The largest absolute Gasteiger partial charge is 0.374 e. The summed E-state index contributed by atoms with van der Waals surface area (Å²) in [5.74, 6) is 0. The molecule has 16 heavy (non-hydrogen) atoms. The number of amides is 2. The number of carbonyl (C=O) groups excluding carboxylic acids is 1. The first kappa shape index (κ1) is 13.3. The Morgan fingerprint density at radius 2 is 2.19 bits per heavy atom. The molecule has 1 atom stereocenters. The van der Waals surface area contributed by atoms with Gasteiger partial charge in [-0.1, -0.05) is 0 Å². The summed E-state index contributed by atoms with van der Waals surface area (Å²) in [6.45, 7) is 9.71. The van der Waals surface area contributed by atoms with Crippen LogP contribution in [-0.2, 0) is 4.74 Å². The lowest BCUT2D eigenvalue weighted by molar-refractivity contribution is -0.0554. The molecule has 1 fully saturated rings. The Morgan fingerprint density at radius 1 is 1.50 bits per heavy atom. The second-order valence-electron chi connectivity index (χ2n) is 5.07. The molecule has 0 spiro atoms. The van der Waals surface area contributed by atoms with Crippen molar-refractivity contribution in [3.63, 3.8) is 0 Å². The fourth-order valence-corrected chi connectivity index (χ4v) is 1.75. The van der Waals surface area contributed by atoms with Gasteiger partial charge in [-0.3, -0.25) is 4.90 Å². The maximum atomic E-state index is 11.0. The van der Waals surface area contributed by atoms with Crippen LogP contribution in [0.15, 0.2) is 0 Å². The van der Waals surface area contributed by atoms with E-state index in [1.165, 1.54) is 0 Å². The van der Waals surface area contributed by atoms with Crippen LogP contribution in [-0.4, -0.2) is 55.9 Å². The predicted molar refractivity (Wildman–Crippen MR) is 63.5 cm³/mol. The number of hydrogen-bond donors (Lipinski definition) is 2. The van der Waals surface area contributed by atoms with Gasteiger partial charge in [0, 0.05) is 32.2 Å². The lowest BCUT2D eigenvalue weighted by atomic mass is 10.0. The lowest BCUT2D eigenvalue weighted by Gasteiger charge is -2.41. The quantitative estimate of drug-likeness (QED) is 0.721. The number of ether oxygens (including phenoxy) is 1. The SMILES string of the molecule is CNC(=O)NCC1CN(C(C)(C)C)CCO1. The van der Waals surface area contributed by atoms with Gasteiger partial charge in [0.1, 0.15) is 0 Å².